The quantitative estimate of drug-likeness (QED) is 0.855. The molecule has 0 aromatic carbocycles. The van der Waals surface area contributed by atoms with E-state index in [1.807, 2.05) is 18.7 Å². The zero-order valence-electron chi connectivity index (χ0n) is 11.7. The van der Waals surface area contributed by atoms with Crippen LogP contribution in [-0.4, -0.2) is 47.0 Å². The minimum atomic E-state index is -0.267. The van der Waals surface area contributed by atoms with Crippen LogP contribution in [0.5, 0.6) is 0 Å². The first kappa shape index (κ1) is 13.6. The summed E-state index contributed by atoms with van der Waals surface area (Å²) in [6.07, 6.45) is 3.96. The third kappa shape index (κ3) is 3.13. The largest absolute Gasteiger partial charge is 0.358 e. The van der Waals surface area contributed by atoms with Crippen molar-refractivity contribution in [2.75, 3.05) is 30.8 Å². The summed E-state index contributed by atoms with van der Waals surface area (Å²) < 4.78 is 0. The number of nitrogens with one attached hydrogen (secondary N) is 2. The second-order valence-electron chi connectivity index (χ2n) is 4.87. The van der Waals surface area contributed by atoms with Crippen LogP contribution in [0.1, 0.15) is 25.3 Å². The first-order chi connectivity index (χ1) is 9.11. The predicted octanol–water partition coefficient (Wildman–Crippen LogP) is 1.25. The second kappa shape index (κ2) is 5.86. The SMILES string of the molecule is CNc1ncc(C)c(NC(C)C(=O)N2CCCC2)n1. The molecule has 1 aromatic heterocycles. The van der Waals surface area contributed by atoms with Gasteiger partial charge in [0.15, 0.2) is 0 Å². The highest BCUT2D eigenvalue weighted by Crippen LogP contribution is 2.15. The third-order valence-corrected chi connectivity index (χ3v) is 3.34. The Morgan fingerprint density at radius 1 is 1.42 bits per heavy atom. The van der Waals surface area contributed by atoms with E-state index in [9.17, 15) is 4.79 Å². The molecule has 0 aliphatic carbocycles. The molecule has 2 rings (SSSR count). The number of amides is 1. The summed E-state index contributed by atoms with van der Waals surface area (Å²) in [7, 11) is 1.77. The van der Waals surface area contributed by atoms with Gasteiger partial charge in [-0.05, 0) is 26.7 Å². The molecule has 1 atom stereocenters. The number of aromatic nitrogens is 2. The third-order valence-electron chi connectivity index (χ3n) is 3.34. The molecule has 0 spiro atoms. The molecule has 6 nitrogen and oxygen atoms in total. The summed E-state index contributed by atoms with van der Waals surface area (Å²) in [5, 5.41) is 6.07. The minimum Gasteiger partial charge on any atom is -0.358 e. The van der Waals surface area contributed by atoms with E-state index in [2.05, 4.69) is 20.6 Å². The molecule has 1 aliphatic heterocycles. The molecule has 1 saturated heterocycles. The van der Waals surface area contributed by atoms with Gasteiger partial charge in [-0.3, -0.25) is 4.79 Å². The Balaban J connectivity index is 2.05. The molecule has 19 heavy (non-hydrogen) atoms. The molecule has 1 aromatic rings. The standard InChI is InChI=1S/C13H21N5O/c1-9-8-15-13(14-3)17-11(9)16-10(2)12(19)18-6-4-5-7-18/h8,10H,4-7H2,1-3H3,(H2,14,15,16,17). The summed E-state index contributed by atoms with van der Waals surface area (Å²) in [5.41, 5.74) is 0.931. The number of nitrogens with zero attached hydrogens (tertiary/aromatic N) is 3. The monoisotopic (exact) mass is 263 g/mol. The van der Waals surface area contributed by atoms with Crippen molar-refractivity contribution in [3.05, 3.63) is 11.8 Å². The fourth-order valence-electron chi connectivity index (χ4n) is 2.19. The lowest BCUT2D eigenvalue weighted by Gasteiger charge is -2.22. The van der Waals surface area contributed by atoms with E-state index in [0.717, 1.165) is 31.5 Å². The number of rotatable bonds is 4. The Hall–Kier alpha value is -1.85. The van der Waals surface area contributed by atoms with Crippen LogP contribution in [0.2, 0.25) is 0 Å². The number of hydrogen-bond acceptors (Lipinski definition) is 5. The maximum Gasteiger partial charge on any atom is 0.244 e. The van der Waals surface area contributed by atoms with Crippen molar-refractivity contribution in [2.45, 2.75) is 32.7 Å². The van der Waals surface area contributed by atoms with E-state index >= 15 is 0 Å². The normalized spacial score (nSPS) is 16.3. The number of likely N-dealkylation sites (tertiary alicyclic amines) is 1. The van der Waals surface area contributed by atoms with Crippen LogP contribution < -0.4 is 10.6 Å². The van der Waals surface area contributed by atoms with Crippen molar-refractivity contribution in [3.8, 4) is 0 Å². The van der Waals surface area contributed by atoms with E-state index < -0.39 is 0 Å². The van der Waals surface area contributed by atoms with Gasteiger partial charge in [0, 0.05) is 31.9 Å². The van der Waals surface area contributed by atoms with E-state index in [-0.39, 0.29) is 11.9 Å². The Morgan fingerprint density at radius 3 is 2.74 bits per heavy atom. The molecule has 2 N–H and O–H groups in total. The molecular weight excluding hydrogens is 242 g/mol. The van der Waals surface area contributed by atoms with Crippen LogP contribution in [0, 0.1) is 6.92 Å². The highest BCUT2D eigenvalue weighted by molar-refractivity contribution is 5.84. The Bertz CT molecular complexity index is 456. The fraction of sp³-hybridized carbons (Fsp3) is 0.615. The zero-order valence-corrected chi connectivity index (χ0v) is 11.7. The number of carbonyl (C=O) groups excluding carboxylic acids is 1. The molecule has 1 fully saturated rings. The van der Waals surface area contributed by atoms with Gasteiger partial charge in [-0.1, -0.05) is 0 Å². The highest BCUT2D eigenvalue weighted by Gasteiger charge is 2.23. The summed E-state index contributed by atoms with van der Waals surface area (Å²) in [6, 6.07) is -0.267. The van der Waals surface area contributed by atoms with Crippen molar-refractivity contribution < 1.29 is 4.79 Å². The molecule has 104 valence electrons. The molecule has 6 heteroatoms. The minimum absolute atomic E-state index is 0.140. The molecule has 1 aliphatic rings. The molecule has 1 amide bonds. The fourth-order valence-corrected chi connectivity index (χ4v) is 2.19. The summed E-state index contributed by atoms with van der Waals surface area (Å²) in [6.45, 7) is 5.54. The summed E-state index contributed by atoms with van der Waals surface area (Å²) in [4.78, 5) is 22.6. The maximum atomic E-state index is 12.2. The van der Waals surface area contributed by atoms with Gasteiger partial charge in [-0.15, -0.1) is 0 Å². The van der Waals surface area contributed by atoms with Crippen molar-refractivity contribution in [1.82, 2.24) is 14.9 Å². The maximum absolute atomic E-state index is 12.2. The summed E-state index contributed by atoms with van der Waals surface area (Å²) in [5.74, 6) is 1.40. The van der Waals surface area contributed by atoms with E-state index in [4.69, 9.17) is 0 Å². The smallest absolute Gasteiger partial charge is 0.244 e. The molecule has 1 unspecified atom stereocenters. The zero-order chi connectivity index (χ0) is 13.8. The second-order valence-corrected chi connectivity index (χ2v) is 4.87. The molecule has 0 saturated carbocycles. The van der Waals surface area contributed by atoms with Gasteiger partial charge in [0.2, 0.25) is 11.9 Å². The van der Waals surface area contributed by atoms with Crippen molar-refractivity contribution in [1.29, 1.82) is 0 Å². The molecule has 0 radical (unpaired) electrons. The van der Waals surface area contributed by atoms with Crippen LogP contribution in [0.25, 0.3) is 0 Å². The number of aryl methyl sites for hydroxylation is 1. The first-order valence-electron chi connectivity index (χ1n) is 6.68. The topological polar surface area (TPSA) is 70.2 Å². The Labute approximate surface area is 113 Å². The van der Waals surface area contributed by atoms with E-state index in [1.165, 1.54) is 0 Å². The highest BCUT2D eigenvalue weighted by atomic mass is 16.2. The first-order valence-corrected chi connectivity index (χ1v) is 6.68. The Morgan fingerprint density at radius 2 is 2.11 bits per heavy atom. The number of carbonyl (C=O) groups is 1. The van der Waals surface area contributed by atoms with Gasteiger partial charge in [-0.2, -0.15) is 4.98 Å². The average molecular weight is 263 g/mol. The van der Waals surface area contributed by atoms with Gasteiger partial charge in [0.05, 0.1) is 0 Å². The number of anilines is 2. The molecule has 0 bridgehead atoms. The van der Waals surface area contributed by atoms with Crippen LogP contribution in [0.15, 0.2) is 6.20 Å². The van der Waals surface area contributed by atoms with Gasteiger partial charge < -0.3 is 15.5 Å². The van der Waals surface area contributed by atoms with Crippen LogP contribution >= 0.6 is 0 Å². The van der Waals surface area contributed by atoms with Crippen molar-refractivity contribution >= 4 is 17.7 Å². The van der Waals surface area contributed by atoms with E-state index in [0.29, 0.717) is 11.8 Å². The van der Waals surface area contributed by atoms with Crippen LogP contribution in [0.3, 0.4) is 0 Å². The van der Waals surface area contributed by atoms with Crippen molar-refractivity contribution in [2.24, 2.45) is 0 Å². The van der Waals surface area contributed by atoms with E-state index in [1.54, 1.807) is 13.2 Å². The van der Waals surface area contributed by atoms with Gasteiger partial charge >= 0.3 is 0 Å². The average Bonchev–Trinajstić information content (AvgIpc) is 2.94. The van der Waals surface area contributed by atoms with Gasteiger partial charge in [0.25, 0.3) is 0 Å². The molecule has 2 heterocycles. The van der Waals surface area contributed by atoms with Gasteiger partial charge in [0.1, 0.15) is 11.9 Å². The Kier molecular flexibility index (Phi) is 4.19. The van der Waals surface area contributed by atoms with Crippen molar-refractivity contribution in [3.63, 3.8) is 0 Å². The summed E-state index contributed by atoms with van der Waals surface area (Å²) >= 11 is 0. The van der Waals surface area contributed by atoms with Crippen LogP contribution in [-0.2, 0) is 4.79 Å². The van der Waals surface area contributed by atoms with Crippen LogP contribution in [0.4, 0.5) is 11.8 Å². The number of hydrogen-bond donors (Lipinski definition) is 2. The van der Waals surface area contributed by atoms with Gasteiger partial charge in [-0.25, -0.2) is 4.98 Å². The lowest BCUT2D eigenvalue weighted by molar-refractivity contribution is -0.130. The lowest BCUT2D eigenvalue weighted by Crippen LogP contribution is -2.40. The molecular formula is C13H21N5O. The lowest BCUT2D eigenvalue weighted by atomic mass is 10.2. The predicted molar refractivity (Wildman–Crippen MR) is 75.2 cm³/mol.